The zero-order valence-corrected chi connectivity index (χ0v) is 85.7. The molecule has 21 aliphatic heterocycles. The van der Waals surface area contributed by atoms with Gasteiger partial charge in [-0.15, -0.1) is 0 Å². The van der Waals surface area contributed by atoms with Gasteiger partial charge in [0.1, 0.15) is 171 Å². The number of ether oxygens (including phenoxy) is 14. The first-order chi connectivity index (χ1) is 65.7. The fraction of sp³-hybridized carbons (Fsp3) is 0.663. The van der Waals surface area contributed by atoms with E-state index in [2.05, 4.69) is 0 Å². The molecule has 0 unspecified atom stereocenters. The molecule has 141 heavy (non-hydrogen) atoms. The van der Waals surface area contributed by atoms with Gasteiger partial charge in [-0.25, -0.2) is 0 Å². The van der Waals surface area contributed by atoms with Gasteiger partial charge in [0.15, 0.2) is 60.7 Å². The van der Waals surface area contributed by atoms with Crippen molar-refractivity contribution in [2.45, 2.75) is 352 Å². The molecule has 0 spiro atoms. The standard InChI is InChI=1S/C89H128O45S5Si2/c1-43-16-26-48(27-17-43)135(104,105)114-36-53-74-60(90)67(97)81(121-53)129-75-54(37-115-136(106,107)49-28-18-44(2)19-29-49)124-84(70(100)63(75)93)133-79-58(41-119-140(12,13)88(6,7)8)127-87(73(103)66(79)96)132-78-57(40-118-139(112,113)52-34-24-47(5)25-35-52)123-83(69(99)62(78)92)130-76-55(38-116-137(108,109)50-30-20-45(3)21-31-50)125-85(71(101)64(76)94)134-80-59(42-120-141(14,15)89(9,10)11)126-86(72(102)65(80)95)131-77-56(122-82(128-74)68(98)61(77)91)39-117-138(110,111)51-32-22-46(4)23-33-51/h16-35,53-87,90-103H,36-42H2,1-15H3/t53-,54-,55-,56-,57-,58-,59-,60-,61-,62-,63-,64-,65-,66-,67-,68-,69+,70-,71+,72-,73-,74-,75-,76-,77-,78-,79-,80-,81-,82-,83-,84-,85-,86-,87-/m1/s1. The summed E-state index contributed by atoms with van der Waals surface area (Å²) < 4.78 is 272. The Hall–Kier alpha value is -5.12. The van der Waals surface area contributed by atoms with Crippen molar-refractivity contribution < 1.29 is 210 Å². The number of aliphatic hydroxyl groups excluding tert-OH is 14. The summed E-state index contributed by atoms with van der Waals surface area (Å²) in [5.41, 5.74) is 3.00. The third kappa shape index (κ3) is 26.0. The molecule has 5 aromatic carbocycles. The van der Waals surface area contributed by atoms with Crippen molar-refractivity contribution in [1.29, 1.82) is 0 Å². The lowest BCUT2D eigenvalue weighted by Crippen LogP contribution is -2.68. The Morgan fingerprint density at radius 2 is 0.348 bits per heavy atom. The SMILES string of the molecule is Cc1ccc(S(=O)(=O)OC[C@H]2O[C@@H]3O[C@H]4[C@H](O)[C@@H](O)[C@@H](O[C@H]5[C@H](O)[C@@H](O)[C@@H](O[C@H]6[C@H](O)[C@@H](O)[C@@H](O[C@H]7[C@H](O)[C@@H](O)[C@@H](O[C@H]8[C@H](O)[C@@H](O)[C@@H](O[C@H]9[C@H](O)[C@H](O)[C@@H](O[C@H]2[C@H](O)[C@@H]3O)O[C@@H]9COS(=O)(=O)c2ccc(C)cc2)O[C@@H]8CO[Si](C)(C)C(C)(C)C)O[C@@H]7COS(=O)(=O)c2ccc(C)cc2)O[C@@H]6COS(=O)(=O)c2ccc(C)cc2)O[C@@H]5COS(=O)(=O)c2ccc(C)cc2)O[C@@H]4CO[Si](C)(C)C(C)(C)C)cc1. The summed E-state index contributed by atoms with van der Waals surface area (Å²) in [7, 11) is -30.8. The molecule has 0 radical (unpaired) electrons. The molecule has 14 bridgehead atoms. The smallest absolute Gasteiger partial charge is 0.297 e. The van der Waals surface area contributed by atoms with Crippen LogP contribution < -0.4 is 0 Å². The predicted octanol–water partition coefficient (Wildman–Crippen LogP) is -0.564. The van der Waals surface area contributed by atoms with Crippen molar-refractivity contribution in [3.05, 3.63) is 149 Å². The molecular formula is C89H128O45S5Si2. The molecule has 792 valence electrons. The van der Waals surface area contributed by atoms with E-state index in [9.17, 15) is 114 Å². The van der Waals surface area contributed by atoms with E-state index < -0.39 is 363 Å². The first-order valence-corrected chi connectivity index (χ1v) is 58.3. The number of hydrogen-bond acceptors (Lipinski definition) is 45. The molecule has 52 heteroatoms. The van der Waals surface area contributed by atoms with Crippen LogP contribution in [0.3, 0.4) is 0 Å². The highest BCUT2D eigenvalue weighted by atomic mass is 32.2. The zero-order valence-electron chi connectivity index (χ0n) is 79.7. The summed E-state index contributed by atoms with van der Waals surface area (Å²) in [6.07, 6.45) is -82.3. The normalized spacial score (nSPS) is 36.6. The highest BCUT2D eigenvalue weighted by Gasteiger charge is 2.62. The van der Waals surface area contributed by atoms with Gasteiger partial charge in [-0.3, -0.25) is 20.9 Å². The van der Waals surface area contributed by atoms with Crippen LogP contribution in [0.4, 0.5) is 0 Å². The van der Waals surface area contributed by atoms with Crippen LogP contribution in [-0.4, -0.2) is 391 Å². The number of rotatable bonds is 26. The van der Waals surface area contributed by atoms with Crippen molar-refractivity contribution in [1.82, 2.24) is 0 Å². The quantitative estimate of drug-likeness (QED) is 0.0244. The van der Waals surface area contributed by atoms with Crippen LogP contribution >= 0.6 is 0 Å². The summed E-state index contributed by atoms with van der Waals surface area (Å²) in [6, 6.07) is 25.9. The second kappa shape index (κ2) is 45.0. The van der Waals surface area contributed by atoms with Crippen LogP contribution in [-0.2, 0) is 147 Å². The lowest BCUT2D eigenvalue weighted by atomic mass is 9.95. The molecule has 45 nitrogen and oxygen atoms in total. The van der Waals surface area contributed by atoms with E-state index in [4.69, 9.17) is 96.1 Å². The van der Waals surface area contributed by atoms with Crippen molar-refractivity contribution in [3.8, 4) is 0 Å². The van der Waals surface area contributed by atoms with Gasteiger partial charge >= 0.3 is 0 Å². The van der Waals surface area contributed by atoms with E-state index in [-0.39, 0.29) is 0 Å². The lowest BCUT2D eigenvalue weighted by molar-refractivity contribution is -0.395. The third-order valence-electron chi connectivity index (χ3n) is 26.8. The van der Waals surface area contributed by atoms with Crippen LogP contribution in [0.25, 0.3) is 0 Å². The van der Waals surface area contributed by atoms with E-state index >= 15 is 0 Å². The number of aryl methyl sites for hydroxylation is 5. The van der Waals surface area contributed by atoms with Gasteiger partial charge in [0.25, 0.3) is 50.6 Å². The maximum absolute atomic E-state index is 14.3. The van der Waals surface area contributed by atoms with Gasteiger partial charge in [-0.1, -0.05) is 130 Å². The largest absolute Gasteiger partial charge is 0.414 e. The van der Waals surface area contributed by atoms with Crippen LogP contribution in [0, 0.1) is 34.6 Å². The van der Waals surface area contributed by atoms with Crippen molar-refractivity contribution in [3.63, 3.8) is 0 Å². The van der Waals surface area contributed by atoms with Gasteiger partial charge in [0.05, 0.1) is 70.7 Å². The van der Waals surface area contributed by atoms with Crippen LogP contribution in [0.1, 0.15) is 69.4 Å². The second-order valence-electron chi connectivity index (χ2n) is 39.3. The molecule has 0 aliphatic carbocycles. The first-order valence-electron chi connectivity index (χ1n) is 45.5. The molecule has 26 rings (SSSR count). The maximum Gasteiger partial charge on any atom is 0.297 e. The maximum atomic E-state index is 14.3. The second-order valence-corrected chi connectivity index (χ2v) is 57.0. The summed E-state index contributed by atoms with van der Waals surface area (Å²) in [6.45, 7) is 18.7. The highest BCUT2D eigenvalue weighted by molar-refractivity contribution is 7.87. The van der Waals surface area contributed by atoms with E-state index in [0.29, 0.717) is 27.8 Å². The van der Waals surface area contributed by atoms with Crippen molar-refractivity contribution in [2.24, 2.45) is 0 Å². The van der Waals surface area contributed by atoms with E-state index in [1.165, 1.54) is 109 Å². The Balaban J connectivity index is 0.938. The number of aliphatic hydroxyl groups is 14. The summed E-state index contributed by atoms with van der Waals surface area (Å²) >= 11 is 0. The first kappa shape index (κ1) is 113. The average Bonchev–Trinajstić information content (AvgIpc) is 0.869. The minimum Gasteiger partial charge on any atom is -0.414 e. The summed E-state index contributed by atoms with van der Waals surface area (Å²) in [5, 5.41) is 175. The Labute approximate surface area is 819 Å². The molecule has 0 aromatic heterocycles. The van der Waals surface area contributed by atoms with Crippen molar-refractivity contribution in [2.75, 3.05) is 46.2 Å². The Morgan fingerprint density at radius 3 is 0.475 bits per heavy atom. The van der Waals surface area contributed by atoms with Gasteiger partial charge < -0.3 is 147 Å². The van der Waals surface area contributed by atoms with Crippen LogP contribution in [0.2, 0.25) is 36.3 Å². The molecule has 21 saturated heterocycles. The third-order valence-corrected chi connectivity index (χ3v) is 42.3. The number of hydrogen-bond donors (Lipinski definition) is 14. The Kier molecular flexibility index (Phi) is 36.0. The van der Waals surface area contributed by atoms with E-state index in [1.807, 2.05) is 41.5 Å². The lowest BCUT2D eigenvalue weighted by Gasteiger charge is -2.50. The predicted molar refractivity (Wildman–Crippen MR) is 487 cm³/mol. The minimum absolute atomic E-state index is 0.440. The van der Waals surface area contributed by atoms with Gasteiger partial charge in [0, 0.05) is 0 Å². The van der Waals surface area contributed by atoms with Gasteiger partial charge in [-0.05, 0) is 132 Å². The van der Waals surface area contributed by atoms with E-state index in [0.717, 1.165) is 12.1 Å². The molecule has 35 atom stereocenters. The molecule has 0 saturated carbocycles. The van der Waals surface area contributed by atoms with Crippen molar-refractivity contribution >= 4 is 67.2 Å². The summed E-state index contributed by atoms with van der Waals surface area (Å²) in [4.78, 5) is -2.25. The topological polar surface area (TPSA) is 648 Å². The van der Waals surface area contributed by atoms with Gasteiger partial charge in [0.2, 0.25) is 0 Å². The monoisotopic (exact) mass is 2130 g/mol. The van der Waals surface area contributed by atoms with Crippen LogP contribution in [0.15, 0.2) is 146 Å². The molecule has 5 aromatic rings. The Bertz CT molecular complexity index is 5360. The molecular weight excluding hydrogens is 2010 g/mol. The van der Waals surface area contributed by atoms with Crippen LogP contribution in [0.5, 0.6) is 0 Å². The molecule has 0 amide bonds. The number of benzene rings is 5. The average molecular weight is 2130 g/mol. The summed E-state index contributed by atoms with van der Waals surface area (Å²) in [5.74, 6) is 0. The molecule has 21 fully saturated rings. The minimum atomic E-state index is -4.95. The molecule has 21 heterocycles. The molecule has 21 aliphatic rings. The van der Waals surface area contributed by atoms with Gasteiger partial charge in [-0.2, -0.15) is 42.1 Å². The highest BCUT2D eigenvalue weighted by Crippen LogP contribution is 2.45. The molecule has 14 N–H and O–H groups in total. The fourth-order valence-corrected chi connectivity index (χ4v) is 22.6. The Morgan fingerprint density at radius 1 is 0.220 bits per heavy atom. The zero-order chi connectivity index (χ0) is 103. The fourth-order valence-electron chi connectivity index (χ4n) is 16.0. The van der Waals surface area contributed by atoms with E-state index in [1.54, 1.807) is 60.8 Å².